The van der Waals surface area contributed by atoms with Gasteiger partial charge in [0.25, 0.3) is 0 Å². The molecule has 0 unspecified atom stereocenters. The Kier molecular flexibility index (Phi) is 2.77. The molecule has 1 saturated heterocycles. The molecule has 0 atom stereocenters. The van der Waals surface area contributed by atoms with Gasteiger partial charge in [0, 0.05) is 26.2 Å². The summed E-state index contributed by atoms with van der Waals surface area (Å²) in [6.07, 6.45) is -0.440. The molecule has 6 heteroatoms. The van der Waals surface area contributed by atoms with Gasteiger partial charge in [-0.3, -0.25) is 4.79 Å². The zero-order valence-electron chi connectivity index (χ0n) is 10.4. The van der Waals surface area contributed by atoms with Crippen LogP contribution in [0.1, 0.15) is 5.56 Å². The minimum atomic E-state index is -0.869. The van der Waals surface area contributed by atoms with Crippen LogP contribution in [-0.2, 0) is 11.2 Å². The lowest BCUT2D eigenvalue weighted by Gasteiger charge is -2.35. The highest BCUT2D eigenvalue weighted by Crippen LogP contribution is 2.34. The maximum Gasteiger partial charge on any atom is 0.407 e. The van der Waals surface area contributed by atoms with E-state index in [1.165, 1.54) is 4.90 Å². The Morgan fingerprint density at radius 1 is 1.21 bits per heavy atom. The molecule has 1 fully saturated rings. The first-order chi connectivity index (χ1) is 9.15. The third kappa shape index (κ3) is 2.09. The Morgan fingerprint density at radius 3 is 2.63 bits per heavy atom. The summed E-state index contributed by atoms with van der Waals surface area (Å²) in [5, 5.41) is 11.8. The van der Waals surface area contributed by atoms with Crippen LogP contribution in [-0.4, -0.2) is 48.2 Å². The second kappa shape index (κ2) is 4.46. The van der Waals surface area contributed by atoms with Gasteiger partial charge in [0.05, 0.1) is 17.8 Å². The molecule has 2 aliphatic heterocycles. The molecule has 1 aromatic carbocycles. The molecule has 2 amide bonds. The first-order valence-corrected chi connectivity index (χ1v) is 6.30. The van der Waals surface area contributed by atoms with Gasteiger partial charge in [0.2, 0.25) is 5.91 Å². The highest BCUT2D eigenvalue weighted by atomic mass is 16.4. The summed E-state index contributed by atoms with van der Waals surface area (Å²) in [6.45, 7) is 2.29. The van der Waals surface area contributed by atoms with Crippen LogP contribution >= 0.6 is 0 Å². The Hall–Kier alpha value is -2.24. The molecule has 0 radical (unpaired) electrons. The number of carbonyl (C=O) groups is 2. The summed E-state index contributed by atoms with van der Waals surface area (Å²) >= 11 is 0. The van der Waals surface area contributed by atoms with E-state index in [1.54, 1.807) is 0 Å². The lowest BCUT2D eigenvalue weighted by molar-refractivity contribution is -0.115. The third-order valence-electron chi connectivity index (χ3n) is 3.64. The second-order valence-electron chi connectivity index (χ2n) is 4.79. The largest absolute Gasteiger partial charge is 0.465 e. The standard InChI is InChI=1S/C13H15N3O3/c17-11-8-9-2-1-3-10(12(9)14-11)15-4-6-16(7-5-15)13(18)19/h1-3H,4-8H2,(H,14,17)(H,18,19). The molecule has 100 valence electrons. The Bertz CT molecular complexity index is 536. The predicted molar refractivity (Wildman–Crippen MR) is 70.6 cm³/mol. The molecule has 2 heterocycles. The van der Waals surface area contributed by atoms with Crippen LogP contribution in [0, 0.1) is 0 Å². The van der Waals surface area contributed by atoms with E-state index in [0.29, 0.717) is 32.6 Å². The maximum atomic E-state index is 11.5. The van der Waals surface area contributed by atoms with Gasteiger partial charge in [-0.15, -0.1) is 0 Å². The van der Waals surface area contributed by atoms with E-state index in [2.05, 4.69) is 10.2 Å². The molecular formula is C13H15N3O3. The number of piperazine rings is 1. The quantitative estimate of drug-likeness (QED) is 0.790. The van der Waals surface area contributed by atoms with Gasteiger partial charge in [0.1, 0.15) is 0 Å². The summed E-state index contributed by atoms with van der Waals surface area (Å²) < 4.78 is 0. The number of nitrogens with one attached hydrogen (secondary N) is 1. The average molecular weight is 261 g/mol. The second-order valence-corrected chi connectivity index (χ2v) is 4.79. The summed E-state index contributed by atoms with van der Waals surface area (Å²) in [5.41, 5.74) is 2.90. The highest BCUT2D eigenvalue weighted by Gasteiger charge is 2.26. The van der Waals surface area contributed by atoms with Crippen molar-refractivity contribution in [1.29, 1.82) is 0 Å². The summed E-state index contributed by atoms with van der Waals surface area (Å²) in [7, 11) is 0. The van der Waals surface area contributed by atoms with Crippen molar-refractivity contribution in [2.24, 2.45) is 0 Å². The molecule has 2 N–H and O–H groups in total. The molecule has 0 bridgehead atoms. The molecule has 0 saturated carbocycles. The van der Waals surface area contributed by atoms with Crippen molar-refractivity contribution in [3.63, 3.8) is 0 Å². The van der Waals surface area contributed by atoms with Crippen LogP contribution in [0.25, 0.3) is 0 Å². The van der Waals surface area contributed by atoms with Crippen LogP contribution in [0.5, 0.6) is 0 Å². The maximum absolute atomic E-state index is 11.5. The number of nitrogens with zero attached hydrogens (tertiary/aromatic N) is 2. The topological polar surface area (TPSA) is 72.9 Å². The van der Waals surface area contributed by atoms with Gasteiger partial charge in [0.15, 0.2) is 0 Å². The zero-order chi connectivity index (χ0) is 13.4. The fourth-order valence-electron chi connectivity index (χ4n) is 2.64. The number of amides is 2. The number of fused-ring (bicyclic) bond motifs is 1. The van der Waals surface area contributed by atoms with Crippen LogP contribution in [0.3, 0.4) is 0 Å². The molecule has 19 heavy (non-hydrogen) atoms. The molecular weight excluding hydrogens is 246 g/mol. The van der Waals surface area contributed by atoms with E-state index in [-0.39, 0.29) is 5.91 Å². The Morgan fingerprint density at radius 2 is 1.95 bits per heavy atom. The van der Waals surface area contributed by atoms with Crippen molar-refractivity contribution in [2.75, 3.05) is 36.4 Å². The fraction of sp³-hybridized carbons (Fsp3) is 0.385. The molecule has 0 spiro atoms. The molecule has 2 aliphatic rings. The summed E-state index contributed by atoms with van der Waals surface area (Å²) in [6, 6.07) is 5.86. The predicted octanol–water partition coefficient (Wildman–Crippen LogP) is 0.981. The van der Waals surface area contributed by atoms with Gasteiger partial charge >= 0.3 is 6.09 Å². The first kappa shape index (κ1) is 11.8. The van der Waals surface area contributed by atoms with E-state index in [1.807, 2.05) is 18.2 Å². The number of benzene rings is 1. The van der Waals surface area contributed by atoms with E-state index in [0.717, 1.165) is 16.9 Å². The minimum absolute atomic E-state index is 0.0200. The minimum Gasteiger partial charge on any atom is -0.465 e. The number of carboxylic acid groups (broad SMARTS) is 1. The first-order valence-electron chi connectivity index (χ1n) is 6.30. The Balaban J connectivity index is 1.80. The van der Waals surface area contributed by atoms with Crippen molar-refractivity contribution in [1.82, 2.24) is 4.90 Å². The number of hydrogen-bond acceptors (Lipinski definition) is 3. The van der Waals surface area contributed by atoms with Crippen LogP contribution < -0.4 is 10.2 Å². The van der Waals surface area contributed by atoms with E-state index in [9.17, 15) is 9.59 Å². The lowest BCUT2D eigenvalue weighted by Crippen LogP contribution is -2.48. The summed E-state index contributed by atoms with van der Waals surface area (Å²) in [5.74, 6) is 0.0200. The van der Waals surface area contributed by atoms with Crippen LogP contribution in [0.2, 0.25) is 0 Å². The van der Waals surface area contributed by atoms with Crippen molar-refractivity contribution in [3.8, 4) is 0 Å². The lowest BCUT2D eigenvalue weighted by atomic mass is 10.1. The molecule has 0 aliphatic carbocycles. The third-order valence-corrected chi connectivity index (χ3v) is 3.64. The number of rotatable bonds is 1. The fourth-order valence-corrected chi connectivity index (χ4v) is 2.64. The molecule has 3 rings (SSSR count). The van der Waals surface area contributed by atoms with Gasteiger partial charge in [-0.1, -0.05) is 12.1 Å². The van der Waals surface area contributed by atoms with Gasteiger partial charge < -0.3 is 20.2 Å². The van der Waals surface area contributed by atoms with Gasteiger partial charge in [-0.2, -0.15) is 0 Å². The summed E-state index contributed by atoms with van der Waals surface area (Å²) in [4.78, 5) is 25.9. The SMILES string of the molecule is O=C1Cc2cccc(N3CCN(C(=O)O)CC3)c2N1. The van der Waals surface area contributed by atoms with Crippen molar-refractivity contribution in [2.45, 2.75) is 6.42 Å². The molecule has 6 nitrogen and oxygen atoms in total. The Labute approximate surface area is 110 Å². The van der Waals surface area contributed by atoms with E-state index >= 15 is 0 Å². The van der Waals surface area contributed by atoms with E-state index in [4.69, 9.17) is 5.11 Å². The molecule has 1 aromatic rings. The average Bonchev–Trinajstić information content (AvgIpc) is 2.78. The number of carbonyl (C=O) groups excluding carboxylic acids is 1. The van der Waals surface area contributed by atoms with Crippen molar-refractivity contribution >= 4 is 23.4 Å². The monoisotopic (exact) mass is 261 g/mol. The molecule has 0 aromatic heterocycles. The zero-order valence-corrected chi connectivity index (χ0v) is 10.4. The van der Waals surface area contributed by atoms with Crippen molar-refractivity contribution in [3.05, 3.63) is 23.8 Å². The van der Waals surface area contributed by atoms with Crippen LogP contribution in [0.15, 0.2) is 18.2 Å². The number of para-hydroxylation sites is 1. The van der Waals surface area contributed by atoms with Crippen LogP contribution in [0.4, 0.5) is 16.2 Å². The smallest absolute Gasteiger partial charge is 0.407 e. The normalized spacial score (nSPS) is 18.2. The van der Waals surface area contributed by atoms with Crippen molar-refractivity contribution < 1.29 is 14.7 Å². The van der Waals surface area contributed by atoms with Gasteiger partial charge in [-0.05, 0) is 11.6 Å². The van der Waals surface area contributed by atoms with E-state index < -0.39 is 6.09 Å². The number of hydrogen-bond donors (Lipinski definition) is 2. The number of anilines is 2. The van der Waals surface area contributed by atoms with Gasteiger partial charge in [-0.25, -0.2) is 4.79 Å². The highest BCUT2D eigenvalue weighted by molar-refractivity contribution is 6.03.